The third-order valence-electron chi connectivity index (χ3n) is 4.71. The minimum Gasteiger partial charge on any atom is -0.435 e. The van der Waals surface area contributed by atoms with Gasteiger partial charge in [-0.1, -0.05) is 6.07 Å². The number of aromatic nitrogens is 4. The normalized spacial score (nSPS) is 15.2. The molecule has 0 spiro atoms. The van der Waals surface area contributed by atoms with E-state index in [1.807, 2.05) is 0 Å². The fourth-order valence-corrected chi connectivity index (χ4v) is 3.83. The third kappa shape index (κ3) is 4.25. The second kappa shape index (κ2) is 7.38. The van der Waals surface area contributed by atoms with Gasteiger partial charge in [0.1, 0.15) is 11.6 Å². The summed E-state index contributed by atoms with van der Waals surface area (Å²) in [6, 6.07) is 6.21. The Kier molecular flexibility index (Phi) is 5.04. The highest BCUT2D eigenvalue weighted by Crippen LogP contribution is 2.34. The van der Waals surface area contributed by atoms with E-state index < -0.39 is 12.2 Å². The number of ether oxygens (including phenoxy) is 1. The van der Waals surface area contributed by atoms with Gasteiger partial charge < -0.3 is 14.7 Å². The van der Waals surface area contributed by atoms with Crippen molar-refractivity contribution in [1.29, 1.82) is 0 Å². The molecule has 1 aliphatic heterocycles. The number of hydrogen-bond acceptors (Lipinski definition) is 6. The maximum atomic E-state index is 12.5. The molecular weight excluding hydrogens is 404 g/mol. The fraction of sp³-hybridized carbons (Fsp3) is 0.421. The standard InChI is InChI=1S/C19H20ClF2N5O2/c1-19(2,28)7-11-9-26(10-11)15-14-8-23-27(16(14)25-17(20)24-15)12-4-3-5-13(6-12)29-18(21)22/h3-6,8,11,18,28H,7,9-10H2,1-2H3. The molecule has 1 N–H and O–H groups in total. The monoisotopic (exact) mass is 423 g/mol. The maximum absolute atomic E-state index is 12.5. The summed E-state index contributed by atoms with van der Waals surface area (Å²) in [5, 5.41) is 15.1. The first-order valence-electron chi connectivity index (χ1n) is 9.13. The molecule has 0 amide bonds. The molecule has 7 nitrogen and oxygen atoms in total. The smallest absolute Gasteiger partial charge is 0.387 e. The fourth-order valence-electron chi connectivity index (χ4n) is 3.67. The van der Waals surface area contributed by atoms with Crippen LogP contribution < -0.4 is 9.64 Å². The van der Waals surface area contributed by atoms with E-state index in [0.29, 0.717) is 34.9 Å². The number of benzene rings is 1. The van der Waals surface area contributed by atoms with E-state index in [2.05, 4.69) is 24.7 Å². The lowest BCUT2D eigenvalue weighted by Crippen LogP contribution is -2.49. The highest BCUT2D eigenvalue weighted by molar-refractivity contribution is 6.28. The second-order valence-electron chi connectivity index (χ2n) is 7.77. The van der Waals surface area contributed by atoms with Crippen molar-refractivity contribution in [2.24, 2.45) is 5.92 Å². The first kappa shape index (κ1) is 19.8. The summed E-state index contributed by atoms with van der Waals surface area (Å²) in [6.45, 7) is 2.17. The summed E-state index contributed by atoms with van der Waals surface area (Å²) in [5.41, 5.74) is 0.272. The first-order chi connectivity index (χ1) is 13.7. The molecule has 1 aliphatic rings. The molecule has 4 rings (SSSR count). The quantitative estimate of drug-likeness (QED) is 0.610. The third-order valence-corrected chi connectivity index (χ3v) is 4.88. The number of alkyl halides is 2. The molecule has 29 heavy (non-hydrogen) atoms. The average molecular weight is 424 g/mol. The zero-order valence-electron chi connectivity index (χ0n) is 15.9. The Morgan fingerprint density at radius 3 is 2.76 bits per heavy atom. The van der Waals surface area contributed by atoms with Gasteiger partial charge in [-0.05, 0) is 49.9 Å². The molecule has 10 heteroatoms. The zero-order chi connectivity index (χ0) is 20.8. The number of hydrogen-bond donors (Lipinski definition) is 1. The van der Waals surface area contributed by atoms with Gasteiger partial charge in [0.25, 0.3) is 0 Å². The summed E-state index contributed by atoms with van der Waals surface area (Å²) in [5.74, 6) is 1.05. The number of halogens is 3. The van der Waals surface area contributed by atoms with E-state index in [-0.39, 0.29) is 11.0 Å². The summed E-state index contributed by atoms with van der Waals surface area (Å²) in [4.78, 5) is 10.7. The number of aliphatic hydroxyl groups is 1. The van der Waals surface area contributed by atoms with Crippen molar-refractivity contribution in [2.45, 2.75) is 32.5 Å². The van der Waals surface area contributed by atoms with Gasteiger partial charge in [-0.25, -0.2) is 4.68 Å². The Hall–Kier alpha value is -2.52. The highest BCUT2D eigenvalue weighted by atomic mass is 35.5. The molecular formula is C19H20ClF2N5O2. The largest absolute Gasteiger partial charge is 0.435 e. The molecule has 1 fully saturated rings. The lowest BCUT2D eigenvalue weighted by Gasteiger charge is -2.42. The van der Waals surface area contributed by atoms with Crippen LogP contribution in [0.4, 0.5) is 14.6 Å². The van der Waals surface area contributed by atoms with Gasteiger partial charge in [0.05, 0.1) is 22.9 Å². The Morgan fingerprint density at radius 1 is 1.31 bits per heavy atom. The summed E-state index contributed by atoms with van der Waals surface area (Å²) in [7, 11) is 0. The van der Waals surface area contributed by atoms with Crippen molar-refractivity contribution >= 4 is 28.5 Å². The highest BCUT2D eigenvalue weighted by Gasteiger charge is 2.33. The minimum absolute atomic E-state index is 0.0266. The van der Waals surface area contributed by atoms with Crippen molar-refractivity contribution in [3.63, 3.8) is 0 Å². The molecule has 0 saturated carbocycles. The van der Waals surface area contributed by atoms with Crippen LogP contribution in [0.5, 0.6) is 5.75 Å². The van der Waals surface area contributed by atoms with E-state index in [4.69, 9.17) is 11.6 Å². The van der Waals surface area contributed by atoms with Gasteiger partial charge in [-0.2, -0.15) is 23.8 Å². The Labute approximate surface area is 170 Å². The number of rotatable bonds is 6. The Bertz CT molecular complexity index is 1030. The van der Waals surface area contributed by atoms with Crippen molar-refractivity contribution in [3.8, 4) is 11.4 Å². The van der Waals surface area contributed by atoms with Crippen LogP contribution in [-0.4, -0.2) is 50.2 Å². The van der Waals surface area contributed by atoms with Gasteiger partial charge >= 0.3 is 6.61 Å². The van der Waals surface area contributed by atoms with Crippen LogP contribution in [-0.2, 0) is 0 Å². The van der Waals surface area contributed by atoms with E-state index in [1.165, 1.54) is 16.8 Å². The van der Waals surface area contributed by atoms with Crippen molar-refractivity contribution in [1.82, 2.24) is 19.7 Å². The number of anilines is 1. The number of nitrogens with zero attached hydrogens (tertiary/aromatic N) is 5. The predicted octanol–water partition coefficient (Wildman–Crippen LogP) is 3.67. The van der Waals surface area contributed by atoms with Gasteiger partial charge in [0.2, 0.25) is 5.28 Å². The SMILES string of the molecule is CC(C)(O)CC1CN(c2nc(Cl)nc3c2cnn3-c2cccc(OC(F)F)c2)C1. The van der Waals surface area contributed by atoms with Crippen molar-refractivity contribution < 1.29 is 18.6 Å². The molecule has 1 aromatic carbocycles. The first-order valence-corrected chi connectivity index (χ1v) is 9.51. The average Bonchev–Trinajstić information content (AvgIpc) is 2.99. The summed E-state index contributed by atoms with van der Waals surface area (Å²) >= 11 is 6.15. The maximum Gasteiger partial charge on any atom is 0.387 e. The molecule has 0 radical (unpaired) electrons. The topological polar surface area (TPSA) is 76.3 Å². The van der Waals surface area contributed by atoms with Gasteiger partial charge in [0.15, 0.2) is 5.65 Å². The van der Waals surface area contributed by atoms with Crippen LogP contribution in [0.25, 0.3) is 16.7 Å². The molecule has 0 aliphatic carbocycles. The van der Waals surface area contributed by atoms with Gasteiger partial charge in [-0.3, -0.25) is 0 Å². The predicted molar refractivity (Wildman–Crippen MR) is 105 cm³/mol. The van der Waals surface area contributed by atoms with Crippen LogP contribution in [0, 0.1) is 5.92 Å². The van der Waals surface area contributed by atoms with Crippen LogP contribution in [0.1, 0.15) is 20.3 Å². The van der Waals surface area contributed by atoms with E-state index in [9.17, 15) is 13.9 Å². The van der Waals surface area contributed by atoms with Gasteiger partial charge in [0, 0.05) is 19.2 Å². The van der Waals surface area contributed by atoms with Crippen LogP contribution in [0.2, 0.25) is 5.28 Å². The van der Waals surface area contributed by atoms with Crippen LogP contribution >= 0.6 is 11.6 Å². The van der Waals surface area contributed by atoms with Crippen molar-refractivity contribution in [2.75, 3.05) is 18.0 Å². The lowest BCUT2D eigenvalue weighted by molar-refractivity contribution is -0.0498. The summed E-state index contributed by atoms with van der Waals surface area (Å²) in [6.07, 6.45) is 2.33. The molecule has 3 heterocycles. The van der Waals surface area contributed by atoms with E-state index in [1.54, 1.807) is 32.2 Å². The Balaban J connectivity index is 1.65. The second-order valence-corrected chi connectivity index (χ2v) is 8.11. The lowest BCUT2D eigenvalue weighted by atomic mass is 9.88. The molecule has 0 atom stereocenters. The Morgan fingerprint density at radius 2 is 2.07 bits per heavy atom. The van der Waals surface area contributed by atoms with Gasteiger partial charge in [-0.15, -0.1) is 0 Å². The van der Waals surface area contributed by atoms with E-state index in [0.717, 1.165) is 13.1 Å². The molecule has 154 valence electrons. The van der Waals surface area contributed by atoms with Crippen molar-refractivity contribution in [3.05, 3.63) is 35.7 Å². The molecule has 2 aromatic heterocycles. The minimum atomic E-state index is -2.91. The van der Waals surface area contributed by atoms with Crippen LogP contribution in [0.15, 0.2) is 30.5 Å². The van der Waals surface area contributed by atoms with E-state index >= 15 is 0 Å². The molecule has 1 saturated heterocycles. The molecule has 0 unspecified atom stereocenters. The van der Waals surface area contributed by atoms with Crippen LogP contribution in [0.3, 0.4) is 0 Å². The zero-order valence-corrected chi connectivity index (χ0v) is 16.6. The summed E-state index contributed by atoms with van der Waals surface area (Å²) < 4.78 is 31.0. The molecule has 0 bridgehead atoms. The number of fused-ring (bicyclic) bond motifs is 1. The molecule has 3 aromatic rings.